The van der Waals surface area contributed by atoms with Crippen molar-refractivity contribution in [2.24, 2.45) is 0 Å². The molecule has 0 atom stereocenters. The molecule has 0 saturated heterocycles. The van der Waals surface area contributed by atoms with Gasteiger partial charge in [0.15, 0.2) is 5.58 Å². The standard InChI is InChI=1S/C18H12N4O4/c23-17(10-14-11-4-1-2-6-16(11)26-21-14)20-13-7-8-15(22(24)25)18-12(13)5-3-9-19-18/h1-9H,10H2,(H,20,23). The quantitative estimate of drug-likeness (QED) is 0.446. The van der Waals surface area contributed by atoms with Crippen LogP contribution in [0.1, 0.15) is 5.69 Å². The van der Waals surface area contributed by atoms with Crippen LogP contribution in [0.25, 0.3) is 21.9 Å². The van der Waals surface area contributed by atoms with E-state index in [2.05, 4.69) is 15.5 Å². The molecule has 2 aromatic heterocycles. The Morgan fingerprint density at radius 2 is 1.92 bits per heavy atom. The Morgan fingerprint density at radius 1 is 1.12 bits per heavy atom. The minimum atomic E-state index is -0.498. The summed E-state index contributed by atoms with van der Waals surface area (Å²) in [4.78, 5) is 27.2. The molecule has 0 aliphatic rings. The molecule has 8 heteroatoms. The van der Waals surface area contributed by atoms with Crippen molar-refractivity contribution in [3.05, 3.63) is 70.5 Å². The van der Waals surface area contributed by atoms with Gasteiger partial charge in [-0.25, -0.2) is 4.98 Å². The van der Waals surface area contributed by atoms with Gasteiger partial charge in [0.2, 0.25) is 5.91 Å². The summed E-state index contributed by atoms with van der Waals surface area (Å²) in [5.41, 5.74) is 1.71. The van der Waals surface area contributed by atoms with Crippen molar-refractivity contribution in [1.29, 1.82) is 0 Å². The molecule has 0 radical (unpaired) electrons. The number of benzene rings is 2. The maximum absolute atomic E-state index is 12.4. The molecule has 26 heavy (non-hydrogen) atoms. The molecule has 2 aromatic carbocycles. The number of nitrogens with zero attached hydrogens (tertiary/aromatic N) is 3. The van der Waals surface area contributed by atoms with Crippen molar-refractivity contribution in [1.82, 2.24) is 10.1 Å². The SMILES string of the molecule is O=C(Cc1noc2ccccc12)Nc1ccc([N+](=O)[O-])c2ncccc12. The second kappa shape index (κ2) is 6.25. The topological polar surface area (TPSA) is 111 Å². The van der Waals surface area contributed by atoms with Gasteiger partial charge in [0.25, 0.3) is 5.69 Å². The molecule has 0 unspecified atom stereocenters. The highest BCUT2D eigenvalue weighted by atomic mass is 16.6. The number of nitrogens with one attached hydrogen (secondary N) is 1. The predicted molar refractivity (Wildman–Crippen MR) is 94.7 cm³/mol. The van der Waals surface area contributed by atoms with Crippen molar-refractivity contribution in [2.75, 3.05) is 5.32 Å². The van der Waals surface area contributed by atoms with E-state index in [0.29, 0.717) is 22.4 Å². The molecule has 8 nitrogen and oxygen atoms in total. The van der Waals surface area contributed by atoms with Gasteiger partial charge in [-0.1, -0.05) is 17.3 Å². The molecule has 0 aliphatic carbocycles. The van der Waals surface area contributed by atoms with Gasteiger partial charge in [0.05, 0.1) is 17.0 Å². The average molecular weight is 348 g/mol. The van der Waals surface area contributed by atoms with Crippen molar-refractivity contribution < 1.29 is 14.2 Å². The number of hydrogen-bond acceptors (Lipinski definition) is 6. The van der Waals surface area contributed by atoms with Crippen LogP contribution in [-0.4, -0.2) is 21.0 Å². The molecule has 1 N–H and O–H groups in total. The van der Waals surface area contributed by atoms with Crippen LogP contribution in [0.3, 0.4) is 0 Å². The van der Waals surface area contributed by atoms with Gasteiger partial charge in [-0.3, -0.25) is 14.9 Å². The Balaban J connectivity index is 1.64. The van der Waals surface area contributed by atoms with Crippen LogP contribution in [0.15, 0.2) is 59.3 Å². The number of para-hydroxylation sites is 1. The minimum absolute atomic E-state index is 0.0236. The number of non-ortho nitro benzene ring substituents is 1. The maximum atomic E-state index is 12.4. The number of amides is 1. The van der Waals surface area contributed by atoms with Gasteiger partial charge in [0.1, 0.15) is 11.2 Å². The van der Waals surface area contributed by atoms with Crippen LogP contribution in [0.2, 0.25) is 0 Å². The zero-order valence-corrected chi connectivity index (χ0v) is 13.4. The average Bonchev–Trinajstić information content (AvgIpc) is 3.05. The van der Waals surface area contributed by atoms with Crippen molar-refractivity contribution in [3.63, 3.8) is 0 Å². The summed E-state index contributed by atoms with van der Waals surface area (Å²) >= 11 is 0. The Morgan fingerprint density at radius 3 is 2.77 bits per heavy atom. The van der Waals surface area contributed by atoms with E-state index in [4.69, 9.17) is 4.52 Å². The van der Waals surface area contributed by atoms with Gasteiger partial charge >= 0.3 is 0 Å². The number of carbonyl (C=O) groups is 1. The zero-order chi connectivity index (χ0) is 18.1. The largest absolute Gasteiger partial charge is 0.356 e. The first-order valence-corrected chi connectivity index (χ1v) is 7.79. The van der Waals surface area contributed by atoms with Crippen molar-refractivity contribution >= 4 is 39.2 Å². The molecule has 4 rings (SSSR count). The number of nitro groups is 1. The fourth-order valence-corrected chi connectivity index (χ4v) is 2.83. The first kappa shape index (κ1) is 15.7. The van der Waals surface area contributed by atoms with Gasteiger partial charge in [-0.15, -0.1) is 0 Å². The van der Waals surface area contributed by atoms with Crippen LogP contribution < -0.4 is 5.32 Å². The summed E-state index contributed by atoms with van der Waals surface area (Å²) in [5, 5.41) is 19.1. The van der Waals surface area contributed by atoms with Crippen LogP contribution in [0.5, 0.6) is 0 Å². The van der Waals surface area contributed by atoms with E-state index in [-0.39, 0.29) is 23.5 Å². The van der Waals surface area contributed by atoms with Crippen molar-refractivity contribution in [3.8, 4) is 0 Å². The van der Waals surface area contributed by atoms with E-state index in [0.717, 1.165) is 5.39 Å². The molecule has 0 bridgehead atoms. The predicted octanol–water partition coefficient (Wildman–Crippen LogP) is 3.47. The monoisotopic (exact) mass is 348 g/mol. The number of hydrogen-bond donors (Lipinski definition) is 1. The number of pyridine rings is 1. The molecule has 128 valence electrons. The molecule has 4 aromatic rings. The molecule has 0 fully saturated rings. The lowest BCUT2D eigenvalue weighted by Gasteiger charge is -2.08. The number of aromatic nitrogens is 2. The molecule has 2 heterocycles. The number of nitro benzene ring substituents is 1. The third kappa shape index (κ3) is 2.73. The van der Waals surface area contributed by atoms with Gasteiger partial charge in [-0.2, -0.15) is 0 Å². The van der Waals surface area contributed by atoms with Gasteiger partial charge < -0.3 is 9.84 Å². The summed E-state index contributed by atoms with van der Waals surface area (Å²) < 4.78 is 5.20. The van der Waals surface area contributed by atoms with E-state index in [9.17, 15) is 14.9 Å². The molecule has 1 amide bonds. The summed E-state index contributed by atoms with van der Waals surface area (Å²) in [6.45, 7) is 0. The minimum Gasteiger partial charge on any atom is -0.356 e. The van der Waals surface area contributed by atoms with E-state index in [1.54, 1.807) is 18.2 Å². The smallest absolute Gasteiger partial charge is 0.295 e. The maximum Gasteiger partial charge on any atom is 0.295 e. The molecule has 0 aliphatic heterocycles. The lowest BCUT2D eigenvalue weighted by Crippen LogP contribution is -2.15. The van der Waals surface area contributed by atoms with E-state index in [1.165, 1.54) is 18.3 Å². The first-order chi connectivity index (χ1) is 12.6. The van der Waals surface area contributed by atoms with Crippen LogP contribution in [0, 0.1) is 10.1 Å². The molecule has 0 spiro atoms. The Kier molecular flexibility index (Phi) is 3.77. The zero-order valence-electron chi connectivity index (χ0n) is 13.4. The third-order valence-electron chi connectivity index (χ3n) is 4.00. The Labute approximate surface area is 146 Å². The second-order valence-electron chi connectivity index (χ2n) is 5.64. The molecular weight excluding hydrogens is 336 g/mol. The van der Waals surface area contributed by atoms with Gasteiger partial charge in [-0.05, 0) is 30.3 Å². The van der Waals surface area contributed by atoms with Crippen LogP contribution >= 0.6 is 0 Å². The summed E-state index contributed by atoms with van der Waals surface area (Å²) in [6.07, 6.45) is 1.50. The third-order valence-corrected chi connectivity index (χ3v) is 4.00. The van der Waals surface area contributed by atoms with E-state index >= 15 is 0 Å². The number of anilines is 1. The van der Waals surface area contributed by atoms with Gasteiger partial charge in [0, 0.05) is 23.0 Å². The lowest BCUT2D eigenvalue weighted by atomic mass is 10.1. The Bertz CT molecular complexity index is 1150. The fourth-order valence-electron chi connectivity index (χ4n) is 2.83. The van der Waals surface area contributed by atoms with E-state index in [1.807, 2.05) is 18.2 Å². The van der Waals surface area contributed by atoms with Crippen LogP contribution in [0.4, 0.5) is 11.4 Å². The normalized spacial score (nSPS) is 10.9. The molecule has 0 saturated carbocycles. The lowest BCUT2D eigenvalue weighted by molar-refractivity contribution is -0.383. The van der Waals surface area contributed by atoms with Crippen molar-refractivity contribution in [2.45, 2.75) is 6.42 Å². The summed E-state index contributed by atoms with van der Waals surface area (Å²) in [7, 11) is 0. The van der Waals surface area contributed by atoms with Crippen LogP contribution in [-0.2, 0) is 11.2 Å². The number of fused-ring (bicyclic) bond motifs is 2. The summed E-state index contributed by atoms with van der Waals surface area (Å²) in [5.74, 6) is -0.303. The number of carbonyl (C=O) groups excluding carboxylic acids is 1. The first-order valence-electron chi connectivity index (χ1n) is 7.79. The van der Waals surface area contributed by atoms with E-state index < -0.39 is 4.92 Å². The summed E-state index contributed by atoms with van der Waals surface area (Å²) in [6, 6.07) is 13.4. The highest BCUT2D eigenvalue weighted by Crippen LogP contribution is 2.29. The Hall–Kier alpha value is -3.81. The fraction of sp³-hybridized carbons (Fsp3) is 0.0556. The highest BCUT2D eigenvalue weighted by molar-refractivity contribution is 6.04. The molecular formula is C18H12N4O4. The number of rotatable bonds is 4. The second-order valence-corrected chi connectivity index (χ2v) is 5.64. The highest BCUT2D eigenvalue weighted by Gasteiger charge is 2.17.